The van der Waals surface area contributed by atoms with Crippen molar-refractivity contribution in [1.82, 2.24) is 5.32 Å². The summed E-state index contributed by atoms with van der Waals surface area (Å²) in [6.07, 6.45) is -0.155. The number of nitrogens with two attached hydrogens (primary N) is 1. The van der Waals surface area contributed by atoms with Gasteiger partial charge >= 0.3 is 11.9 Å². The maximum Gasteiger partial charge on any atom is 0.326 e. The topological polar surface area (TPSA) is 130 Å². The number of carboxylic acid groups (broad SMARTS) is 2. The molecule has 1 aromatic rings. The van der Waals surface area contributed by atoms with Crippen LogP contribution >= 0.6 is 0 Å². The molecule has 0 spiro atoms. The predicted molar refractivity (Wildman–Crippen MR) is 74.6 cm³/mol. The minimum absolute atomic E-state index is 0.0428. The Hall–Kier alpha value is -2.41. The van der Waals surface area contributed by atoms with E-state index in [1.54, 1.807) is 30.3 Å². The summed E-state index contributed by atoms with van der Waals surface area (Å²) in [4.78, 5) is 33.4. The number of carbonyl (C=O) groups is 3. The highest BCUT2D eigenvalue weighted by molar-refractivity contribution is 5.87. The lowest BCUT2D eigenvalue weighted by Crippen LogP contribution is -2.49. The third-order valence-electron chi connectivity index (χ3n) is 2.90. The van der Waals surface area contributed by atoms with E-state index in [-0.39, 0.29) is 19.3 Å². The first-order chi connectivity index (χ1) is 9.90. The molecule has 1 aromatic carbocycles. The predicted octanol–water partition coefficient (Wildman–Crippen LogP) is -0.00940. The molecule has 0 aliphatic heterocycles. The van der Waals surface area contributed by atoms with E-state index in [4.69, 9.17) is 15.9 Å². The van der Waals surface area contributed by atoms with Crippen molar-refractivity contribution in [2.75, 3.05) is 0 Å². The van der Waals surface area contributed by atoms with Gasteiger partial charge in [0.1, 0.15) is 6.04 Å². The average Bonchev–Trinajstić information content (AvgIpc) is 2.44. The Morgan fingerprint density at radius 3 is 2.29 bits per heavy atom. The van der Waals surface area contributed by atoms with Crippen LogP contribution in [0.15, 0.2) is 30.3 Å². The van der Waals surface area contributed by atoms with E-state index >= 15 is 0 Å². The first-order valence-corrected chi connectivity index (χ1v) is 6.44. The van der Waals surface area contributed by atoms with Crippen LogP contribution in [0.2, 0.25) is 0 Å². The highest BCUT2D eigenvalue weighted by Crippen LogP contribution is 2.04. The van der Waals surface area contributed by atoms with Crippen molar-refractivity contribution in [1.29, 1.82) is 0 Å². The van der Waals surface area contributed by atoms with Crippen LogP contribution in [0, 0.1) is 0 Å². The number of benzene rings is 1. The van der Waals surface area contributed by atoms with Crippen LogP contribution in [0.1, 0.15) is 18.4 Å². The first kappa shape index (κ1) is 16.6. The van der Waals surface area contributed by atoms with Gasteiger partial charge in [-0.1, -0.05) is 30.3 Å². The first-order valence-electron chi connectivity index (χ1n) is 6.44. The lowest BCUT2D eigenvalue weighted by Gasteiger charge is -2.17. The Labute approximate surface area is 121 Å². The summed E-state index contributed by atoms with van der Waals surface area (Å²) >= 11 is 0. The molecule has 2 atom stereocenters. The quantitative estimate of drug-likeness (QED) is 0.533. The molecule has 7 nitrogen and oxygen atoms in total. The third kappa shape index (κ3) is 6.05. The Bertz CT molecular complexity index is 503. The van der Waals surface area contributed by atoms with Gasteiger partial charge in [-0.3, -0.25) is 9.59 Å². The number of nitrogens with one attached hydrogen (secondary N) is 1. The van der Waals surface area contributed by atoms with Crippen molar-refractivity contribution in [2.24, 2.45) is 5.73 Å². The van der Waals surface area contributed by atoms with Crippen molar-refractivity contribution in [2.45, 2.75) is 31.3 Å². The zero-order valence-electron chi connectivity index (χ0n) is 11.4. The van der Waals surface area contributed by atoms with Crippen LogP contribution < -0.4 is 11.1 Å². The van der Waals surface area contributed by atoms with E-state index in [0.717, 1.165) is 5.56 Å². The van der Waals surface area contributed by atoms with E-state index in [1.165, 1.54) is 0 Å². The number of rotatable bonds is 8. The third-order valence-corrected chi connectivity index (χ3v) is 2.90. The Balaban J connectivity index is 2.60. The summed E-state index contributed by atoms with van der Waals surface area (Å²) in [7, 11) is 0. The molecule has 1 unspecified atom stereocenters. The molecule has 0 radical (unpaired) electrons. The van der Waals surface area contributed by atoms with Gasteiger partial charge in [0.15, 0.2) is 0 Å². The van der Waals surface area contributed by atoms with Gasteiger partial charge < -0.3 is 21.3 Å². The fourth-order valence-corrected chi connectivity index (χ4v) is 1.74. The molecule has 1 rings (SSSR count). The molecule has 0 aliphatic carbocycles. The molecule has 0 heterocycles. The van der Waals surface area contributed by atoms with Gasteiger partial charge in [0.25, 0.3) is 0 Å². The Kier molecular flexibility index (Phi) is 6.35. The van der Waals surface area contributed by atoms with Crippen molar-refractivity contribution in [3.63, 3.8) is 0 Å². The van der Waals surface area contributed by atoms with E-state index in [0.29, 0.717) is 0 Å². The number of hydrogen-bond acceptors (Lipinski definition) is 4. The molecule has 1 amide bonds. The highest BCUT2D eigenvalue weighted by atomic mass is 16.4. The molecule has 0 saturated heterocycles. The van der Waals surface area contributed by atoms with Crippen LogP contribution in [0.3, 0.4) is 0 Å². The fraction of sp³-hybridized carbons (Fsp3) is 0.357. The van der Waals surface area contributed by atoms with Crippen LogP contribution in [-0.4, -0.2) is 40.1 Å². The number of carbonyl (C=O) groups excluding carboxylic acids is 1. The van der Waals surface area contributed by atoms with Crippen molar-refractivity contribution in [3.05, 3.63) is 35.9 Å². The number of hydrogen-bond donors (Lipinski definition) is 4. The molecule has 7 heteroatoms. The summed E-state index contributed by atoms with van der Waals surface area (Å²) in [5.74, 6) is -2.89. The molecule has 5 N–H and O–H groups in total. The number of amides is 1. The maximum absolute atomic E-state index is 11.8. The monoisotopic (exact) mass is 294 g/mol. The van der Waals surface area contributed by atoms with E-state index < -0.39 is 29.9 Å². The van der Waals surface area contributed by atoms with E-state index in [2.05, 4.69) is 5.32 Å². The molecular weight excluding hydrogens is 276 g/mol. The molecule has 0 saturated carbocycles. The smallest absolute Gasteiger partial charge is 0.326 e. The molecular formula is C14H18N2O5. The summed E-state index contributed by atoms with van der Waals surface area (Å²) in [5, 5.41) is 20.0. The summed E-state index contributed by atoms with van der Waals surface area (Å²) in [6.45, 7) is 0. The standard InChI is InChI=1S/C14H18N2O5/c15-10(6-7-12(17)18)13(19)16-11(14(20)21)8-9-4-2-1-3-5-9/h1-5,10-11H,6-8,15H2,(H,16,19)(H,17,18)(H,20,21)/t10?,11-/m0/s1. The lowest BCUT2D eigenvalue weighted by molar-refractivity contribution is -0.142. The molecule has 114 valence electrons. The Morgan fingerprint density at radius 2 is 1.76 bits per heavy atom. The number of carboxylic acids is 2. The van der Waals surface area contributed by atoms with Gasteiger partial charge in [-0.05, 0) is 12.0 Å². The van der Waals surface area contributed by atoms with Gasteiger partial charge in [-0.2, -0.15) is 0 Å². The molecule has 0 aromatic heterocycles. The van der Waals surface area contributed by atoms with Crippen molar-refractivity contribution in [3.8, 4) is 0 Å². The van der Waals surface area contributed by atoms with Gasteiger partial charge in [-0.15, -0.1) is 0 Å². The van der Waals surface area contributed by atoms with Crippen LogP contribution in [-0.2, 0) is 20.8 Å². The highest BCUT2D eigenvalue weighted by Gasteiger charge is 2.23. The zero-order chi connectivity index (χ0) is 15.8. The van der Waals surface area contributed by atoms with Gasteiger partial charge in [0, 0.05) is 12.8 Å². The second-order valence-electron chi connectivity index (χ2n) is 4.63. The molecule has 0 fully saturated rings. The average molecular weight is 294 g/mol. The largest absolute Gasteiger partial charge is 0.481 e. The maximum atomic E-state index is 11.8. The molecule has 0 aliphatic rings. The van der Waals surface area contributed by atoms with E-state index in [1.807, 2.05) is 0 Å². The molecule has 21 heavy (non-hydrogen) atoms. The van der Waals surface area contributed by atoms with Crippen molar-refractivity contribution < 1.29 is 24.6 Å². The zero-order valence-corrected chi connectivity index (χ0v) is 11.4. The van der Waals surface area contributed by atoms with Gasteiger partial charge in [-0.25, -0.2) is 4.79 Å². The second-order valence-corrected chi connectivity index (χ2v) is 4.63. The normalized spacial score (nSPS) is 13.2. The van der Waals surface area contributed by atoms with Crippen LogP contribution in [0.25, 0.3) is 0 Å². The minimum atomic E-state index is -1.17. The van der Waals surface area contributed by atoms with E-state index in [9.17, 15) is 14.4 Å². The second kappa shape index (κ2) is 8.01. The van der Waals surface area contributed by atoms with Crippen LogP contribution in [0.5, 0.6) is 0 Å². The van der Waals surface area contributed by atoms with Gasteiger partial charge in [0.2, 0.25) is 5.91 Å². The molecule has 0 bridgehead atoms. The van der Waals surface area contributed by atoms with Gasteiger partial charge in [0.05, 0.1) is 6.04 Å². The fourth-order valence-electron chi connectivity index (χ4n) is 1.74. The SMILES string of the molecule is NC(CCC(=O)O)C(=O)N[C@@H](Cc1ccccc1)C(=O)O. The van der Waals surface area contributed by atoms with Crippen LogP contribution in [0.4, 0.5) is 0 Å². The summed E-state index contributed by atoms with van der Waals surface area (Å²) in [5.41, 5.74) is 6.31. The number of aliphatic carboxylic acids is 2. The Morgan fingerprint density at radius 1 is 1.14 bits per heavy atom. The summed E-state index contributed by atoms with van der Waals surface area (Å²) < 4.78 is 0. The minimum Gasteiger partial charge on any atom is -0.481 e. The lowest BCUT2D eigenvalue weighted by atomic mass is 10.0. The van der Waals surface area contributed by atoms with Crippen molar-refractivity contribution >= 4 is 17.8 Å². The summed E-state index contributed by atoms with van der Waals surface area (Å²) in [6, 6.07) is 6.72.